The van der Waals surface area contributed by atoms with Gasteiger partial charge in [0.25, 0.3) is 5.91 Å². The standard InChI is InChI=1S/C34H50ClN3O4/c1-8-10-11-12-13-17-23-38(32(40)29(24(3)9-2)37-33(41)42-34(5,6)7)30(26-20-15-14-16-21-26)31(39)36-28-25(4)19-18-22-27(28)35/h14-16,18-22,24,29-30H,8-13,17,23H2,1-7H3,(H,36,39)(H,37,41). The van der Waals surface area contributed by atoms with E-state index in [0.717, 1.165) is 37.7 Å². The summed E-state index contributed by atoms with van der Waals surface area (Å²) in [5, 5.41) is 6.26. The first-order chi connectivity index (χ1) is 19.9. The molecule has 7 nitrogen and oxygen atoms in total. The smallest absolute Gasteiger partial charge is 0.408 e. The monoisotopic (exact) mass is 599 g/mol. The van der Waals surface area contributed by atoms with Crippen LogP contribution in [0.2, 0.25) is 5.02 Å². The predicted octanol–water partition coefficient (Wildman–Crippen LogP) is 8.46. The lowest BCUT2D eigenvalue weighted by Gasteiger charge is -2.36. The maximum absolute atomic E-state index is 14.5. The third kappa shape index (κ3) is 11.0. The summed E-state index contributed by atoms with van der Waals surface area (Å²) >= 11 is 6.47. The Labute approximate surface area is 257 Å². The minimum absolute atomic E-state index is 0.192. The molecule has 0 saturated carbocycles. The normalized spacial score (nSPS) is 13.5. The van der Waals surface area contributed by atoms with E-state index in [-0.39, 0.29) is 17.7 Å². The summed E-state index contributed by atoms with van der Waals surface area (Å²) in [7, 11) is 0. The van der Waals surface area contributed by atoms with Gasteiger partial charge in [0.2, 0.25) is 5.91 Å². The SMILES string of the molecule is CCCCCCCCN(C(=O)C(NC(=O)OC(C)(C)C)C(C)CC)C(C(=O)Nc1c(C)cccc1Cl)c1ccccc1. The van der Waals surface area contributed by atoms with Crippen LogP contribution in [0.15, 0.2) is 48.5 Å². The van der Waals surface area contributed by atoms with Gasteiger partial charge in [-0.05, 0) is 57.2 Å². The molecule has 0 spiro atoms. The molecular weight excluding hydrogens is 550 g/mol. The molecule has 0 fully saturated rings. The minimum atomic E-state index is -0.933. The summed E-state index contributed by atoms with van der Waals surface area (Å²) in [6, 6.07) is 12.9. The molecular formula is C34H50ClN3O4. The number of unbranched alkanes of at least 4 members (excludes halogenated alkanes) is 5. The van der Waals surface area contributed by atoms with E-state index in [2.05, 4.69) is 17.6 Å². The molecule has 0 heterocycles. The van der Waals surface area contributed by atoms with Crippen LogP contribution in [0, 0.1) is 12.8 Å². The van der Waals surface area contributed by atoms with E-state index < -0.39 is 23.8 Å². The lowest BCUT2D eigenvalue weighted by Crippen LogP contribution is -2.55. The number of aryl methyl sites for hydroxylation is 1. The van der Waals surface area contributed by atoms with E-state index in [1.54, 1.807) is 31.7 Å². The average molecular weight is 600 g/mol. The number of amides is 3. The lowest BCUT2D eigenvalue weighted by molar-refractivity contribution is -0.142. The van der Waals surface area contributed by atoms with Gasteiger partial charge < -0.3 is 20.3 Å². The highest BCUT2D eigenvalue weighted by molar-refractivity contribution is 6.34. The highest BCUT2D eigenvalue weighted by Crippen LogP contribution is 2.30. The number of benzene rings is 2. The number of para-hydroxylation sites is 1. The molecule has 3 unspecified atom stereocenters. The van der Waals surface area contributed by atoms with Crippen molar-refractivity contribution in [2.75, 3.05) is 11.9 Å². The van der Waals surface area contributed by atoms with Gasteiger partial charge in [-0.1, -0.05) is 113 Å². The van der Waals surface area contributed by atoms with Crippen molar-refractivity contribution in [2.24, 2.45) is 5.92 Å². The number of nitrogens with zero attached hydrogens (tertiary/aromatic N) is 1. The molecule has 2 aromatic carbocycles. The Morgan fingerprint density at radius 1 is 0.929 bits per heavy atom. The Morgan fingerprint density at radius 2 is 1.57 bits per heavy atom. The molecule has 42 heavy (non-hydrogen) atoms. The summed E-state index contributed by atoms with van der Waals surface area (Å²) < 4.78 is 5.51. The molecule has 2 aromatic rings. The number of halogens is 1. The highest BCUT2D eigenvalue weighted by atomic mass is 35.5. The molecule has 0 saturated heterocycles. The van der Waals surface area contributed by atoms with Gasteiger partial charge in [0.1, 0.15) is 17.7 Å². The van der Waals surface area contributed by atoms with E-state index in [4.69, 9.17) is 16.3 Å². The van der Waals surface area contributed by atoms with Crippen LogP contribution in [0.25, 0.3) is 0 Å². The van der Waals surface area contributed by atoms with Gasteiger partial charge in [0, 0.05) is 6.54 Å². The maximum Gasteiger partial charge on any atom is 0.408 e. The number of carbonyl (C=O) groups excluding carboxylic acids is 3. The first-order valence-electron chi connectivity index (χ1n) is 15.3. The number of alkyl carbamates (subject to hydrolysis) is 1. The van der Waals surface area contributed by atoms with Crippen molar-refractivity contribution in [3.05, 3.63) is 64.7 Å². The van der Waals surface area contributed by atoms with Crippen LogP contribution in [-0.4, -0.2) is 41.0 Å². The van der Waals surface area contributed by atoms with Crippen LogP contribution in [0.4, 0.5) is 10.5 Å². The zero-order valence-corrected chi connectivity index (χ0v) is 27.2. The molecule has 0 aliphatic heterocycles. The van der Waals surface area contributed by atoms with E-state index >= 15 is 0 Å². The van der Waals surface area contributed by atoms with Gasteiger partial charge in [-0.2, -0.15) is 0 Å². The van der Waals surface area contributed by atoms with Crippen molar-refractivity contribution in [1.29, 1.82) is 0 Å². The number of ether oxygens (including phenoxy) is 1. The van der Waals surface area contributed by atoms with E-state index in [1.807, 2.05) is 63.2 Å². The Kier molecular flexibility index (Phi) is 14.3. The van der Waals surface area contributed by atoms with Crippen molar-refractivity contribution in [1.82, 2.24) is 10.2 Å². The Balaban J connectivity index is 2.52. The van der Waals surface area contributed by atoms with Crippen LogP contribution in [0.1, 0.15) is 104 Å². The zero-order chi connectivity index (χ0) is 31.3. The van der Waals surface area contributed by atoms with Gasteiger partial charge in [-0.15, -0.1) is 0 Å². The third-order valence-corrected chi connectivity index (χ3v) is 7.65. The molecule has 232 valence electrons. The molecule has 0 aliphatic carbocycles. The Morgan fingerprint density at radius 3 is 2.17 bits per heavy atom. The molecule has 3 amide bonds. The molecule has 3 atom stereocenters. The summed E-state index contributed by atoms with van der Waals surface area (Å²) in [6.07, 6.45) is 6.17. The summed E-state index contributed by atoms with van der Waals surface area (Å²) in [4.78, 5) is 43.1. The quantitative estimate of drug-likeness (QED) is 0.201. The Bertz CT molecular complexity index is 1130. The maximum atomic E-state index is 14.5. The summed E-state index contributed by atoms with van der Waals surface area (Å²) in [6.45, 7) is 13.7. The molecule has 2 rings (SSSR count). The lowest BCUT2D eigenvalue weighted by atomic mass is 9.95. The zero-order valence-electron chi connectivity index (χ0n) is 26.5. The van der Waals surface area contributed by atoms with Crippen LogP contribution >= 0.6 is 11.6 Å². The van der Waals surface area contributed by atoms with Gasteiger partial charge >= 0.3 is 6.09 Å². The number of hydrogen-bond acceptors (Lipinski definition) is 4. The van der Waals surface area contributed by atoms with Crippen LogP contribution in [0.3, 0.4) is 0 Å². The molecule has 0 bridgehead atoms. The summed E-state index contributed by atoms with van der Waals surface area (Å²) in [5.41, 5.74) is 1.30. The second-order valence-electron chi connectivity index (χ2n) is 12.0. The highest BCUT2D eigenvalue weighted by Gasteiger charge is 2.38. The van der Waals surface area contributed by atoms with Gasteiger partial charge in [-0.25, -0.2) is 4.79 Å². The fourth-order valence-electron chi connectivity index (χ4n) is 4.82. The van der Waals surface area contributed by atoms with Crippen molar-refractivity contribution in [3.63, 3.8) is 0 Å². The van der Waals surface area contributed by atoms with Crippen molar-refractivity contribution in [2.45, 2.75) is 111 Å². The average Bonchev–Trinajstić information content (AvgIpc) is 2.93. The van der Waals surface area contributed by atoms with Gasteiger partial charge in [-0.3, -0.25) is 9.59 Å². The van der Waals surface area contributed by atoms with Crippen molar-refractivity contribution >= 4 is 35.2 Å². The fourth-order valence-corrected chi connectivity index (χ4v) is 5.08. The van der Waals surface area contributed by atoms with E-state index in [0.29, 0.717) is 29.2 Å². The predicted molar refractivity (Wildman–Crippen MR) is 172 cm³/mol. The van der Waals surface area contributed by atoms with E-state index in [1.165, 1.54) is 6.42 Å². The van der Waals surface area contributed by atoms with Crippen LogP contribution in [-0.2, 0) is 14.3 Å². The molecule has 0 radical (unpaired) electrons. The largest absolute Gasteiger partial charge is 0.444 e. The van der Waals surface area contributed by atoms with Gasteiger partial charge in [0.15, 0.2) is 0 Å². The topological polar surface area (TPSA) is 87.7 Å². The molecule has 0 aromatic heterocycles. The van der Waals surface area contributed by atoms with Crippen molar-refractivity contribution in [3.8, 4) is 0 Å². The fraction of sp³-hybridized carbons (Fsp3) is 0.559. The molecule has 2 N–H and O–H groups in total. The first kappa shape index (κ1) is 35.1. The number of hydrogen-bond donors (Lipinski definition) is 2. The number of carbonyl (C=O) groups is 3. The van der Waals surface area contributed by atoms with Crippen LogP contribution < -0.4 is 10.6 Å². The second kappa shape index (κ2) is 17.2. The van der Waals surface area contributed by atoms with Gasteiger partial charge in [0.05, 0.1) is 10.7 Å². The Hall–Kier alpha value is -3.06. The number of nitrogens with one attached hydrogen (secondary N) is 2. The third-order valence-electron chi connectivity index (χ3n) is 7.33. The van der Waals surface area contributed by atoms with Crippen molar-refractivity contribution < 1.29 is 19.1 Å². The first-order valence-corrected chi connectivity index (χ1v) is 15.7. The molecule has 0 aliphatic rings. The van der Waals surface area contributed by atoms with E-state index in [9.17, 15) is 14.4 Å². The number of anilines is 1. The number of rotatable bonds is 15. The second-order valence-corrected chi connectivity index (χ2v) is 12.5. The minimum Gasteiger partial charge on any atom is -0.444 e. The van der Waals surface area contributed by atoms with Crippen LogP contribution in [0.5, 0.6) is 0 Å². The summed E-state index contributed by atoms with van der Waals surface area (Å²) in [5.74, 6) is -0.872. The molecule has 8 heteroatoms.